The Balaban J connectivity index is 0.955. The lowest BCUT2D eigenvalue weighted by Gasteiger charge is -2.42. The quantitative estimate of drug-likeness (QED) is 0.121. The van der Waals surface area contributed by atoms with Crippen molar-refractivity contribution in [2.75, 3.05) is 33.9 Å². The minimum absolute atomic E-state index is 0.00437. The van der Waals surface area contributed by atoms with Crippen molar-refractivity contribution < 1.29 is 27.5 Å². The minimum Gasteiger partial charge on any atom is -0.456 e. The zero-order chi connectivity index (χ0) is 44.7. The second-order valence-corrected chi connectivity index (χ2v) is 15.6. The molecule has 0 spiro atoms. The van der Waals surface area contributed by atoms with Crippen LogP contribution in [-0.4, -0.2) is 54.6 Å². The van der Waals surface area contributed by atoms with E-state index >= 15 is 0 Å². The molecule has 2 amide bonds. The van der Waals surface area contributed by atoms with Gasteiger partial charge in [-0.25, -0.2) is 9.67 Å². The van der Waals surface area contributed by atoms with Crippen molar-refractivity contribution in [3.63, 3.8) is 0 Å². The van der Waals surface area contributed by atoms with Gasteiger partial charge in [0.15, 0.2) is 5.69 Å². The lowest BCUT2D eigenvalue weighted by Crippen LogP contribution is -2.45. The first kappa shape index (κ1) is 40.7. The fourth-order valence-electron chi connectivity index (χ4n) is 8.05. The van der Waals surface area contributed by atoms with Crippen molar-refractivity contribution in [1.82, 2.24) is 29.7 Å². The third kappa shape index (κ3) is 8.20. The number of alkyl halides is 3. The lowest BCUT2D eigenvalue weighted by molar-refractivity contribution is -0.141. The summed E-state index contributed by atoms with van der Waals surface area (Å²) in [6, 6.07) is 32.0. The number of aromatic nitrogens is 6. The van der Waals surface area contributed by atoms with E-state index in [4.69, 9.17) is 9.84 Å². The van der Waals surface area contributed by atoms with Gasteiger partial charge in [0.1, 0.15) is 29.2 Å². The number of hydrogen-bond acceptors (Lipinski definition) is 10. The average Bonchev–Trinajstić information content (AvgIpc) is 3.67. The van der Waals surface area contributed by atoms with E-state index in [9.17, 15) is 22.8 Å². The molecule has 16 heteroatoms. The summed E-state index contributed by atoms with van der Waals surface area (Å²) in [4.78, 5) is 46.9. The van der Waals surface area contributed by atoms with Gasteiger partial charge in [-0.1, -0.05) is 36.4 Å². The third-order valence-corrected chi connectivity index (χ3v) is 11.3. The predicted octanol–water partition coefficient (Wildman–Crippen LogP) is 10.3. The van der Waals surface area contributed by atoms with Crippen LogP contribution >= 0.6 is 0 Å². The highest BCUT2D eigenvalue weighted by Gasteiger charge is 2.35. The first-order valence-electron chi connectivity index (χ1n) is 20.6. The molecule has 1 fully saturated rings. The number of ether oxygens (including phenoxy) is 1. The Kier molecular flexibility index (Phi) is 10.5. The number of amides is 2. The highest BCUT2D eigenvalue weighted by molar-refractivity contribution is 6.28. The third-order valence-electron chi connectivity index (χ3n) is 11.3. The molecule has 3 aromatic carbocycles. The van der Waals surface area contributed by atoms with Crippen molar-refractivity contribution in [2.24, 2.45) is 0 Å². The molecule has 1 saturated heterocycles. The van der Waals surface area contributed by atoms with Crippen LogP contribution in [0.15, 0.2) is 152 Å². The van der Waals surface area contributed by atoms with Crippen LogP contribution in [0.3, 0.4) is 0 Å². The number of hydrogen-bond donors (Lipinski definition) is 3. The van der Waals surface area contributed by atoms with Gasteiger partial charge in [-0.3, -0.25) is 24.5 Å². The van der Waals surface area contributed by atoms with Gasteiger partial charge in [-0.15, -0.1) is 0 Å². The summed E-state index contributed by atoms with van der Waals surface area (Å²) in [5.74, 6) is 0.724. The van der Waals surface area contributed by atoms with Gasteiger partial charge < -0.3 is 25.6 Å². The maximum Gasteiger partial charge on any atom is 0.433 e. The first-order chi connectivity index (χ1) is 31.6. The molecule has 0 radical (unpaired) electrons. The van der Waals surface area contributed by atoms with Gasteiger partial charge in [0.2, 0.25) is 0 Å². The lowest BCUT2D eigenvalue weighted by atomic mass is 9.92. The molecule has 7 heterocycles. The Bertz CT molecular complexity index is 3160. The molecule has 8 aromatic rings. The number of halogens is 3. The number of nitrogens with one attached hydrogen (secondary N) is 3. The number of benzene rings is 3. The Morgan fingerprint density at radius 3 is 2.29 bits per heavy atom. The highest BCUT2D eigenvalue weighted by Crippen LogP contribution is 2.39. The number of pyridine rings is 4. The van der Waals surface area contributed by atoms with Gasteiger partial charge in [-0.2, -0.15) is 18.3 Å². The highest BCUT2D eigenvalue weighted by atomic mass is 19.4. The van der Waals surface area contributed by atoms with Crippen LogP contribution in [0.25, 0.3) is 38.7 Å². The van der Waals surface area contributed by atoms with E-state index in [1.807, 2.05) is 90.7 Å². The van der Waals surface area contributed by atoms with Crippen LogP contribution in [-0.2, 0) is 11.0 Å². The molecule has 13 nitrogen and oxygen atoms in total. The minimum atomic E-state index is -4.71. The summed E-state index contributed by atoms with van der Waals surface area (Å²) in [5, 5.41) is 14.4. The fraction of sp³-hybridized carbons (Fsp3) is 0.122. The molecule has 5 aromatic heterocycles. The van der Waals surface area contributed by atoms with Crippen molar-refractivity contribution in [1.29, 1.82) is 0 Å². The first-order valence-corrected chi connectivity index (χ1v) is 20.6. The average molecular weight is 871 g/mol. The normalized spacial score (nSPS) is 14.6. The summed E-state index contributed by atoms with van der Waals surface area (Å²) in [5.41, 5.74) is 6.27. The molecule has 1 unspecified atom stereocenters. The van der Waals surface area contributed by atoms with E-state index in [1.54, 1.807) is 53.9 Å². The molecule has 3 N–H and O–H groups in total. The van der Waals surface area contributed by atoms with Crippen molar-refractivity contribution in [3.05, 3.63) is 169 Å². The number of anilines is 4. The molecule has 65 heavy (non-hydrogen) atoms. The van der Waals surface area contributed by atoms with Gasteiger partial charge in [0.25, 0.3) is 11.8 Å². The van der Waals surface area contributed by atoms with Crippen molar-refractivity contribution >= 4 is 51.2 Å². The largest absolute Gasteiger partial charge is 0.456 e. The summed E-state index contributed by atoms with van der Waals surface area (Å²) in [7, 11) is 0. The summed E-state index contributed by atoms with van der Waals surface area (Å²) in [6.07, 6.45) is 4.90. The standard InChI is InChI=1S/C49H37F3N10O3/c1-29-25-57-40-11-9-30(32-6-5-16-53-26-32)21-38(40)45(29)47(63)58-35-14-18-56-43(24-35)61-19-15-44(61)62-41-12-10-31(33-20-37(28-54-27-33)65-36-7-3-2-4-8-36)22-39(41)46(60-62)48(64)59-34-13-17-55-42(23-34)49(50,51)52/h2-14,16-18,20-24,26-28,44,57H,15,19,25H2,1H3,(H,55,59,64)(H,56,58,63). The molecule has 10 rings (SSSR count). The maximum atomic E-state index is 14.1. The maximum absolute atomic E-state index is 14.1. The second-order valence-electron chi connectivity index (χ2n) is 15.6. The second kappa shape index (κ2) is 16.7. The van der Waals surface area contributed by atoms with Gasteiger partial charge in [0.05, 0.1) is 11.7 Å². The summed E-state index contributed by atoms with van der Waals surface area (Å²) < 4.78 is 48.5. The molecule has 0 aliphatic carbocycles. The van der Waals surface area contributed by atoms with Gasteiger partial charge in [-0.05, 0) is 90.4 Å². The van der Waals surface area contributed by atoms with Crippen LogP contribution in [0, 0.1) is 0 Å². The Hall–Kier alpha value is -8.40. The zero-order valence-corrected chi connectivity index (χ0v) is 34.5. The van der Waals surface area contributed by atoms with Crippen LogP contribution < -0.4 is 25.6 Å². The molecule has 0 bridgehead atoms. The van der Waals surface area contributed by atoms with E-state index in [1.165, 1.54) is 6.07 Å². The summed E-state index contributed by atoms with van der Waals surface area (Å²) in [6.45, 7) is 3.04. The monoisotopic (exact) mass is 870 g/mol. The number of para-hydroxylation sites is 1. The zero-order valence-electron chi connectivity index (χ0n) is 34.5. The Labute approximate surface area is 369 Å². The topological polar surface area (TPSA) is 152 Å². The molecule has 0 saturated carbocycles. The van der Waals surface area contributed by atoms with Crippen LogP contribution in [0.4, 0.5) is 36.1 Å². The fourth-order valence-corrected chi connectivity index (χ4v) is 8.05. The van der Waals surface area contributed by atoms with Crippen LogP contribution in [0.1, 0.15) is 41.3 Å². The summed E-state index contributed by atoms with van der Waals surface area (Å²) >= 11 is 0. The van der Waals surface area contributed by atoms with Crippen molar-refractivity contribution in [2.45, 2.75) is 25.7 Å². The predicted molar refractivity (Wildman–Crippen MR) is 241 cm³/mol. The number of fused-ring (bicyclic) bond motifs is 2. The molecular formula is C49H37F3N10O3. The Morgan fingerprint density at radius 1 is 0.738 bits per heavy atom. The van der Waals surface area contributed by atoms with E-state index in [0.29, 0.717) is 70.1 Å². The van der Waals surface area contributed by atoms with Gasteiger partial charge >= 0.3 is 6.18 Å². The molecular weight excluding hydrogens is 834 g/mol. The number of rotatable bonds is 10. The molecule has 2 aliphatic heterocycles. The molecule has 1 atom stereocenters. The van der Waals surface area contributed by atoms with E-state index in [-0.39, 0.29) is 17.3 Å². The molecule has 2 aliphatic rings. The smallest absolute Gasteiger partial charge is 0.433 e. The molecule has 322 valence electrons. The number of carbonyl (C=O) groups excluding carboxylic acids is 2. The van der Waals surface area contributed by atoms with E-state index in [2.05, 4.69) is 35.9 Å². The van der Waals surface area contributed by atoms with E-state index < -0.39 is 23.9 Å². The van der Waals surface area contributed by atoms with Crippen LogP contribution in [0.5, 0.6) is 11.5 Å². The van der Waals surface area contributed by atoms with Gasteiger partial charge in [0, 0.05) is 101 Å². The Morgan fingerprint density at radius 2 is 1.51 bits per heavy atom. The number of carbonyl (C=O) groups is 2. The number of nitrogens with zero attached hydrogens (tertiary/aromatic N) is 7. The van der Waals surface area contributed by atoms with Crippen LogP contribution in [0.2, 0.25) is 0 Å². The van der Waals surface area contributed by atoms with E-state index in [0.717, 1.165) is 40.2 Å². The van der Waals surface area contributed by atoms with Crippen molar-refractivity contribution in [3.8, 4) is 33.8 Å². The SMILES string of the molecule is CC1=C(C(=O)Nc2ccnc(N3CCC3n3nc(C(=O)Nc4ccnc(C(F)(F)F)c4)c4cc(-c5cncc(Oc6ccccc6)c5)ccc43)c2)c2cc(-c3cccnc3)ccc2NC1.